The monoisotopic (exact) mass is 302 g/mol. The molecular weight excluding hydrogens is 284 g/mol. The van der Waals surface area contributed by atoms with Gasteiger partial charge in [-0.1, -0.05) is 24.6 Å². The van der Waals surface area contributed by atoms with Crippen LogP contribution < -0.4 is 5.32 Å². The summed E-state index contributed by atoms with van der Waals surface area (Å²) in [5.74, 6) is 0.819. The summed E-state index contributed by atoms with van der Waals surface area (Å²) in [5, 5.41) is 3.66. The maximum Gasteiger partial charge on any atom is 0.327 e. The molecule has 0 radical (unpaired) electrons. The Hall–Kier alpha value is -1.82. The number of nitrogens with zero attached hydrogens (tertiary/aromatic N) is 3. The molecule has 0 aromatic carbocycles. The van der Waals surface area contributed by atoms with Gasteiger partial charge in [-0.2, -0.15) is 0 Å². The lowest BCUT2D eigenvalue weighted by molar-refractivity contribution is 0.240. The molecule has 1 fully saturated rings. The zero-order valence-corrected chi connectivity index (χ0v) is 12.8. The van der Waals surface area contributed by atoms with Crippen LogP contribution in [0, 0.1) is 5.92 Å². The summed E-state index contributed by atoms with van der Waals surface area (Å²) >= 11 is 1.46. The molecule has 2 aromatic heterocycles. The standard InChI is InChI=1S/C15H18N4OS/c1-21-15-18-13(12-3-2-7-16-9-12)10-19(15)14(20)17-8-6-11-4-5-11/h2-3,7,9-11H,4-6,8H2,1H3,(H,17,20). The number of pyridine rings is 1. The van der Waals surface area contributed by atoms with E-state index in [4.69, 9.17) is 0 Å². The third-order valence-corrected chi connectivity index (χ3v) is 4.21. The van der Waals surface area contributed by atoms with E-state index in [1.54, 1.807) is 23.2 Å². The summed E-state index contributed by atoms with van der Waals surface area (Å²) in [4.78, 5) is 20.8. The first-order valence-corrected chi connectivity index (χ1v) is 8.32. The number of imidazole rings is 1. The normalized spacial score (nSPS) is 14.1. The lowest BCUT2D eigenvalue weighted by atomic mass is 10.2. The highest BCUT2D eigenvalue weighted by Crippen LogP contribution is 2.31. The van der Waals surface area contributed by atoms with Crippen molar-refractivity contribution in [2.75, 3.05) is 12.8 Å². The van der Waals surface area contributed by atoms with Gasteiger partial charge in [-0.05, 0) is 30.7 Å². The van der Waals surface area contributed by atoms with Gasteiger partial charge in [0.1, 0.15) is 0 Å². The molecule has 5 nitrogen and oxygen atoms in total. The first kappa shape index (κ1) is 14.1. The van der Waals surface area contributed by atoms with Crippen molar-refractivity contribution in [3.8, 4) is 11.3 Å². The quantitative estimate of drug-likeness (QED) is 0.863. The molecule has 1 aliphatic carbocycles. The lowest BCUT2D eigenvalue weighted by Crippen LogP contribution is -2.29. The molecule has 0 bridgehead atoms. The Balaban J connectivity index is 1.74. The SMILES string of the molecule is CSc1nc(-c2cccnc2)cn1C(=O)NCCC1CC1. The number of hydrogen-bond acceptors (Lipinski definition) is 4. The van der Waals surface area contributed by atoms with E-state index >= 15 is 0 Å². The highest BCUT2D eigenvalue weighted by atomic mass is 32.2. The molecule has 1 aliphatic rings. The maximum absolute atomic E-state index is 12.3. The number of amides is 1. The number of hydrogen-bond donors (Lipinski definition) is 1. The second-order valence-electron chi connectivity index (χ2n) is 5.19. The van der Waals surface area contributed by atoms with Gasteiger partial charge in [0.05, 0.1) is 5.69 Å². The second-order valence-corrected chi connectivity index (χ2v) is 5.96. The minimum atomic E-state index is -0.109. The van der Waals surface area contributed by atoms with E-state index in [9.17, 15) is 4.79 Å². The van der Waals surface area contributed by atoms with E-state index in [-0.39, 0.29) is 6.03 Å². The van der Waals surface area contributed by atoms with Gasteiger partial charge in [-0.3, -0.25) is 4.98 Å². The molecule has 1 N–H and O–H groups in total. The number of nitrogens with one attached hydrogen (secondary N) is 1. The average molecular weight is 302 g/mol. The van der Waals surface area contributed by atoms with E-state index in [0.717, 1.165) is 30.1 Å². The Morgan fingerprint density at radius 2 is 2.38 bits per heavy atom. The Bertz CT molecular complexity index is 622. The van der Waals surface area contributed by atoms with Crippen LogP contribution in [0.25, 0.3) is 11.3 Å². The number of carbonyl (C=O) groups excluding carboxylic acids is 1. The molecule has 21 heavy (non-hydrogen) atoms. The minimum absolute atomic E-state index is 0.109. The van der Waals surface area contributed by atoms with Crippen LogP contribution in [-0.2, 0) is 0 Å². The van der Waals surface area contributed by atoms with E-state index in [0.29, 0.717) is 5.16 Å². The van der Waals surface area contributed by atoms with Gasteiger partial charge in [0.25, 0.3) is 0 Å². The zero-order valence-electron chi connectivity index (χ0n) is 12.0. The fraction of sp³-hybridized carbons (Fsp3) is 0.400. The molecule has 0 atom stereocenters. The van der Waals surface area contributed by atoms with Gasteiger partial charge in [0, 0.05) is 30.7 Å². The van der Waals surface area contributed by atoms with Crippen molar-refractivity contribution in [3.63, 3.8) is 0 Å². The number of rotatable bonds is 5. The summed E-state index contributed by atoms with van der Waals surface area (Å²) in [6.45, 7) is 0.734. The molecule has 2 heterocycles. The fourth-order valence-electron chi connectivity index (χ4n) is 2.18. The second kappa shape index (κ2) is 6.30. The summed E-state index contributed by atoms with van der Waals surface area (Å²) in [6.07, 6.45) is 10.9. The van der Waals surface area contributed by atoms with Crippen molar-refractivity contribution in [2.45, 2.75) is 24.4 Å². The number of aromatic nitrogens is 3. The van der Waals surface area contributed by atoms with Crippen LogP contribution in [0.15, 0.2) is 35.9 Å². The summed E-state index contributed by atoms with van der Waals surface area (Å²) < 4.78 is 1.58. The van der Waals surface area contributed by atoms with E-state index < -0.39 is 0 Å². The predicted octanol–water partition coefficient (Wildman–Crippen LogP) is 3.02. The van der Waals surface area contributed by atoms with Gasteiger partial charge in [-0.15, -0.1) is 0 Å². The first-order chi connectivity index (χ1) is 10.3. The average Bonchev–Trinajstić information content (AvgIpc) is 3.24. The zero-order chi connectivity index (χ0) is 14.7. The Morgan fingerprint density at radius 3 is 3.05 bits per heavy atom. The summed E-state index contributed by atoms with van der Waals surface area (Å²) in [5.41, 5.74) is 1.68. The molecule has 0 aliphatic heterocycles. The Morgan fingerprint density at radius 1 is 1.52 bits per heavy atom. The van der Waals surface area contributed by atoms with Crippen molar-refractivity contribution in [2.24, 2.45) is 5.92 Å². The smallest absolute Gasteiger partial charge is 0.327 e. The highest BCUT2D eigenvalue weighted by molar-refractivity contribution is 7.98. The Kier molecular flexibility index (Phi) is 4.24. The number of carbonyl (C=O) groups is 1. The van der Waals surface area contributed by atoms with Crippen LogP contribution >= 0.6 is 11.8 Å². The van der Waals surface area contributed by atoms with Crippen molar-refractivity contribution in [1.82, 2.24) is 19.9 Å². The molecule has 1 amide bonds. The van der Waals surface area contributed by atoms with Crippen molar-refractivity contribution in [1.29, 1.82) is 0 Å². The molecule has 0 saturated heterocycles. The molecule has 0 unspecified atom stereocenters. The van der Waals surface area contributed by atoms with Gasteiger partial charge in [0.15, 0.2) is 5.16 Å². The molecule has 110 valence electrons. The summed E-state index contributed by atoms with van der Waals surface area (Å²) in [6, 6.07) is 3.69. The molecular formula is C15H18N4OS. The van der Waals surface area contributed by atoms with Crippen molar-refractivity contribution >= 4 is 17.8 Å². The van der Waals surface area contributed by atoms with Gasteiger partial charge >= 0.3 is 6.03 Å². The van der Waals surface area contributed by atoms with Crippen LogP contribution in [0.2, 0.25) is 0 Å². The molecule has 2 aromatic rings. The van der Waals surface area contributed by atoms with E-state index in [2.05, 4.69) is 15.3 Å². The van der Waals surface area contributed by atoms with Crippen LogP contribution in [0.1, 0.15) is 19.3 Å². The fourth-order valence-corrected chi connectivity index (χ4v) is 2.70. The van der Waals surface area contributed by atoms with Crippen LogP contribution in [0.3, 0.4) is 0 Å². The highest BCUT2D eigenvalue weighted by Gasteiger charge is 2.21. The first-order valence-electron chi connectivity index (χ1n) is 7.10. The van der Waals surface area contributed by atoms with Gasteiger partial charge in [0.2, 0.25) is 0 Å². The molecule has 6 heteroatoms. The van der Waals surface area contributed by atoms with Gasteiger partial charge < -0.3 is 5.32 Å². The topological polar surface area (TPSA) is 59.8 Å². The third-order valence-electron chi connectivity index (χ3n) is 3.56. The van der Waals surface area contributed by atoms with Crippen molar-refractivity contribution < 1.29 is 4.79 Å². The van der Waals surface area contributed by atoms with Crippen LogP contribution in [-0.4, -0.2) is 33.4 Å². The number of thioether (sulfide) groups is 1. The minimum Gasteiger partial charge on any atom is -0.337 e. The molecule has 3 rings (SSSR count). The lowest BCUT2D eigenvalue weighted by Gasteiger charge is -2.06. The van der Waals surface area contributed by atoms with Crippen LogP contribution in [0.4, 0.5) is 4.79 Å². The molecule has 1 saturated carbocycles. The summed E-state index contributed by atoms with van der Waals surface area (Å²) in [7, 11) is 0. The van der Waals surface area contributed by atoms with Crippen LogP contribution in [0.5, 0.6) is 0 Å². The maximum atomic E-state index is 12.3. The Labute approximate surface area is 128 Å². The third kappa shape index (κ3) is 3.44. The van der Waals surface area contributed by atoms with E-state index in [1.165, 1.54) is 24.6 Å². The van der Waals surface area contributed by atoms with Crippen molar-refractivity contribution in [3.05, 3.63) is 30.7 Å². The van der Waals surface area contributed by atoms with E-state index in [1.807, 2.05) is 18.4 Å². The predicted molar refractivity (Wildman–Crippen MR) is 83.4 cm³/mol. The largest absolute Gasteiger partial charge is 0.337 e. The molecule has 0 spiro atoms. The van der Waals surface area contributed by atoms with Gasteiger partial charge in [-0.25, -0.2) is 14.3 Å².